The number of nitrogens with two attached hydrogens (primary N) is 1. The molecule has 0 fully saturated rings. The smallest absolute Gasteiger partial charge is 0.0314 e. The van der Waals surface area contributed by atoms with Gasteiger partial charge in [-0.2, -0.15) is 0 Å². The van der Waals surface area contributed by atoms with E-state index in [1.54, 1.807) is 0 Å². The predicted molar refractivity (Wildman–Crippen MR) is 76.0 cm³/mol. The molecule has 0 spiro atoms. The van der Waals surface area contributed by atoms with Gasteiger partial charge < -0.3 is 11.1 Å². The number of benzene rings is 1. The minimum absolute atomic E-state index is 0.362. The monoisotopic (exact) mass is 234 g/mol. The quantitative estimate of drug-likeness (QED) is 0.586. The van der Waals surface area contributed by atoms with Gasteiger partial charge in [-0.15, -0.1) is 0 Å². The molecule has 0 aromatic heterocycles. The highest BCUT2D eigenvalue weighted by Crippen LogP contribution is 2.24. The number of rotatable bonds is 6. The van der Waals surface area contributed by atoms with Gasteiger partial charge in [0.1, 0.15) is 0 Å². The lowest BCUT2D eigenvalue weighted by atomic mass is 9.81. The van der Waals surface area contributed by atoms with E-state index in [1.807, 2.05) is 12.1 Å². The van der Waals surface area contributed by atoms with Gasteiger partial charge in [0.2, 0.25) is 0 Å². The van der Waals surface area contributed by atoms with Crippen molar-refractivity contribution in [2.24, 2.45) is 11.3 Å². The van der Waals surface area contributed by atoms with E-state index in [2.05, 4.69) is 45.1 Å². The molecule has 0 radical (unpaired) electrons. The lowest BCUT2D eigenvalue weighted by molar-refractivity contribution is 0.239. The van der Waals surface area contributed by atoms with Crippen molar-refractivity contribution in [2.75, 3.05) is 18.8 Å². The first kappa shape index (κ1) is 14.0. The zero-order valence-electron chi connectivity index (χ0n) is 11.6. The van der Waals surface area contributed by atoms with Gasteiger partial charge >= 0.3 is 0 Å². The minimum Gasteiger partial charge on any atom is -0.399 e. The highest BCUT2D eigenvalue weighted by atomic mass is 14.9. The molecule has 96 valence electrons. The molecule has 0 aliphatic rings. The van der Waals surface area contributed by atoms with Crippen molar-refractivity contribution < 1.29 is 0 Å². The summed E-state index contributed by atoms with van der Waals surface area (Å²) in [6.45, 7) is 11.3. The summed E-state index contributed by atoms with van der Waals surface area (Å²) in [5, 5.41) is 3.54. The average molecular weight is 234 g/mol. The van der Waals surface area contributed by atoms with Gasteiger partial charge in [-0.1, -0.05) is 39.8 Å². The van der Waals surface area contributed by atoms with Crippen LogP contribution >= 0.6 is 0 Å². The number of hydrogen-bond donors (Lipinski definition) is 2. The van der Waals surface area contributed by atoms with Crippen LogP contribution in [0.5, 0.6) is 0 Å². The van der Waals surface area contributed by atoms with Crippen LogP contribution in [-0.4, -0.2) is 13.1 Å². The molecule has 2 heteroatoms. The molecule has 0 heterocycles. The Labute approximate surface area is 106 Å². The van der Waals surface area contributed by atoms with E-state index in [9.17, 15) is 0 Å². The SMILES string of the molecule is CC(C)C(C)(C)CNCCc1ccc(N)cc1. The van der Waals surface area contributed by atoms with Crippen molar-refractivity contribution in [3.05, 3.63) is 29.8 Å². The van der Waals surface area contributed by atoms with Crippen molar-refractivity contribution in [1.29, 1.82) is 0 Å². The topological polar surface area (TPSA) is 38.0 Å². The highest BCUT2D eigenvalue weighted by molar-refractivity contribution is 5.39. The van der Waals surface area contributed by atoms with E-state index in [4.69, 9.17) is 5.73 Å². The van der Waals surface area contributed by atoms with E-state index in [0.717, 1.165) is 25.2 Å². The third-order valence-electron chi connectivity index (χ3n) is 3.71. The molecule has 1 aromatic rings. The van der Waals surface area contributed by atoms with Gasteiger partial charge in [0, 0.05) is 12.2 Å². The molecular formula is C15H26N2. The van der Waals surface area contributed by atoms with Crippen LogP contribution in [0, 0.1) is 11.3 Å². The van der Waals surface area contributed by atoms with E-state index < -0.39 is 0 Å². The molecule has 1 rings (SSSR count). The van der Waals surface area contributed by atoms with E-state index in [-0.39, 0.29) is 0 Å². The Bertz CT molecular complexity index is 325. The molecule has 0 amide bonds. The summed E-state index contributed by atoms with van der Waals surface area (Å²) in [4.78, 5) is 0. The van der Waals surface area contributed by atoms with Gasteiger partial charge in [0.25, 0.3) is 0 Å². The summed E-state index contributed by atoms with van der Waals surface area (Å²) in [7, 11) is 0. The summed E-state index contributed by atoms with van der Waals surface area (Å²) in [5.74, 6) is 0.700. The first-order chi connectivity index (χ1) is 7.92. The van der Waals surface area contributed by atoms with Crippen LogP contribution in [0.25, 0.3) is 0 Å². The molecule has 1 aromatic carbocycles. The third kappa shape index (κ3) is 4.78. The second-order valence-electron chi connectivity index (χ2n) is 5.81. The Hall–Kier alpha value is -1.02. The predicted octanol–water partition coefficient (Wildman–Crippen LogP) is 3.08. The molecule has 17 heavy (non-hydrogen) atoms. The Morgan fingerprint density at radius 2 is 1.76 bits per heavy atom. The maximum absolute atomic E-state index is 5.66. The summed E-state index contributed by atoms with van der Waals surface area (Å²) >= 11 is 0. The molecule has 0 atom stereocenters. The van der Waals surface area contributed by atoms with Gasteiger partial charge in [0.05, 0.1) is 0 Å². The van der Waals surface area contributed by atoms with Crippen molar-refractivity contribution in [3.63, 3.8) is 0 Å². The molecule has 0 saturated heterocycles. The Morgan fingerprint density at radius 1 is 1.18 bits per heavy atom. The molecule has 0 aliphatic heterocycles. The zero-order valence-corrected chi connectivity index (χ0v) is 11.6. The summed E-state index contributed by atoms with van der Waals surface area (Å²) in [5.41, 5.74) is 8.20. The first-order valence-corrected chi connectivity index (χ1v) is 6.47. The molecular weight excluding hydrogens is 208 g/mol. The molecule has 2 nitrogen and oxygen atoms in total. The summed E-state index contributed by atoms with van der Waals surface area (Å²) < 4.78 is 0. The fraction of sp³-hybridized carbons (Fsp3) is 0.600. The van der Waals surface area contributed by atoms with Crippen LogP contribution in [0.15, 0.2) is 24.3 Å². The molecule has 0 bridgehead atoms. The lowest BCUT2D eigenvalue weighted by Gasteiger charge is -2.29. The fourth-order valence-corrected chi connectivity index (χ4v) is 1.53. The second-order valence-corrected chi connectivity index (χ2v) is 5.81. The molecule has 0 unspecified atom stereocenters. The first-order valence-electron chi connectivity index (χ1n) is 6.47. The fourth-order valence-electron chi connectivity index (χ4n) is 1.53. The van der Waals surface area contributed by atoms with Crippen LogP contribution < -0.4 is 11.1 Å². The van der Waals surface area contributed by atoms with Crippen molar-refractivity contribution in [3.8, 4) is 0 Å². The van der Waals surface area contributed by atoms with Gasteiger partial charge in [-0.05, 0) is 42.0 Å². The second kappa shape index (κ2) is 6.06. The highest BCUT2D eigenvalue weighted by Gasteiger charge is 2.21. The largest absolute Gasteiger partial charge is 0.399 e. The van der Waals surface area contributed by atoms with Crippen LogP contribution in [0.3, 0.4) is 0 Å². The van der Waals surface area contributed by atoms with Gasteiger partial charge in [0.15, 0.2) is 0 Å². The average Bonchev–Trinajstić information content (AvgIpc) is 2.26. The van der Waals surface area contributed by atoms with Crippen molar-refractivity contribution in [1.82, 2.24) is 5.32 Å². The van der Waals surface area contributed by atoms with Gasteiger partial charge in [-0.25, -0.2) is 0 Å². The van der Waals surface area contributed by atoms with E-state index >= 15 is 0 Å². The van der Waals surface area contributed by atoms with E-state index in [1.165, 1.54) is 5.56 Å². The molecule has 3 N–H and O–H groups in total. The maximum atomic E-state index is 5.66. The standard InChI is InChI=1S/C15H26N2/c1-12(2)15(3,4)11-17-10-9-13-5-7-14(16)8-6-13/h5-8,12,17H,9-11,16H2,1-4H3. The summed E-state index contributed by atoms with van der Waals surface area (Å²) in [6.07, 6.45) is 1.06. The number of hydrogen-bond acceptors (Lipinski definition) is 2. The Morgan fingerprint density at radius 3 is 2.29 bits per heavy atom. The van der Waals surface area contributed by atoms with Crippen molar-refractivity contribution in [2.45, 2.75) is 34.1 Å². The van der Waals surface area contributed by atoms with Crippen LogP contribution in [0.4, 0.5) is 5.69 Å². The van der Waals surface area contributed by atoms with E-state index in [0.29, 0.717) is 11.3 Å². The Balaban J connectivity index is 2.27. The van der Waals surface area contributed by atoms with Gasteiger partial charge in [-0.3, -0.25) is 0 Å². The maximum Gasteiger partial charge on any atom is 0.0314 e. The number of nitrogen functional groups attached to an aromatic ring is 1. The van der Waals surface area contributed by atoms with Crippen LogP contribution in [0.2, 0.25) is 0 Å². The Kier molecular flexibility index (Phi) is 5.01. The normalized spacial score (nSPS) is 12.1. The lowest BCUT2D eigenvalue weighted by Crippen LogP contribution is -2.34. The third-order valence-corrected chi connectivity index (χ3v) is 3.71. The zero-order chi connectivity index (χ0) is 12.9. The van der Waals surface area contributed by atoms with Crippen LogP contribution in [-0.2, 0) is 6.42 Å². The van der Waals surface area contributed by atoms with Crippen LogP contribution in [0.1, 0.15) is 33.3 Å². The number of anilines is 1. The molecule has 0 aliphatic carbocycles. The minimum atomic E-state index is 0.362. The molecule has 0 saturated carbocycles. The summed E-state index contributed by atoms with van der Waals surface area (Å²) in [6, 6.07) is 8.13. The van der Waals surface area contributed by atoms with Crippen molar-refractivity contribution >= 4 is 5.69 Å². The number of nitrogens with one attached hydrogen (secondary N) is 1.